The standard InChI is InChI=1S/C13H22ClFN4S/c14-11-12(19-13(15)20-11)18-8-4-3-7-17-10-5-1-2-6-16-9-10/h10,16-18H,1-9H2. The molecule has 7 heteroatoms. The van der Waals surface area contributed by atoms with Crippen LogP contribution in [0, 0.1) is 5.26 Å². The molecule has 4 nitrogen and oxygen atoms in total. The Kier molecular flexibility index (Phi) is 6.99. The average molecular weight is 321 g/mol. The number of aromatic nitrogens is 1. The molecule has 0 spiro atoms. The highest BCUT2D eigenvalue weighted by Gasteiger charge is 2.10. The van der Waals surface area contributed by atoms with Crippen LogP contribution in [0.4, 0.5) is 10.2 Å². The van der Waals surface area contributed by atoms with Crippen LogP contribution in [0.3, 0.4) is 0 Å². The van der Waals surface area contributed by atoms with E-state index >= 15 is 0 Å². The second-order valence-electron chi connectivity index (χ2n) is 5.07. The van der Waals surface area contributed by atoms with E-state index in [1.807, 2.05) is 0 Å². The molecular formula is C13H22ClFN4S. The van der Waals surface area contributed by atoms with Crippen molar-refractivity contribution in [2.75, 3.05) is 31.5 Å². The number of unbranched alkanes of at least 4 members (excludes halogenated alkanes) is 1. The summed E-state index contributed by atoms with van der Waals surface area (Å²) in [7, 11) is 0. The third-order valence-corrected chi connectivity index (χ3v) is 4.48. The lowest BCUT2D eigenvalue weighted by atomic mass is 10.1. The van der Waals surface area contributed by atoms with Gasteiger partial charge in [-0.15, -0.1) is 0 Å². The highest BCUT2D eigenvalue weighted by atomic mass is 35.5. The first kappa shape index (κ1) is 15.9. The van der Waals surface area contributed by atoms with Crippen LogP contribution < -0.4 is 16.0 Å². The molecule has 1 aliphatic rings. The van der Waals surface area contributed by atoms with Gasteiger partial charge in [0.05, 0.1) is 0 Å². The van der Waals surface area contributed by atoms with Gasteiger partial charge < -0.3 is 16.0 Å². The minimum atomic E-state index is -0.486. The summed E-state index contributed by atoms with van der Waals surface area (Å²) in [5, 5.41) is 9.62. The fraction of sp³-hybridized carbons (Fsp3) is 0.769. The number of anilines is 1. The molecule has 1 atom stereocenters. The number of hydrogen-bond donors (Lipinski definition) is 3. The monoisotopic (exact) mass is 320 g/mol. The highest BCUT2D eigenvalue weighted by Crippen LogP contribution is 2.27. The maximum absolute atomic E-state index is 12.8. The molecule has 1 aliphatic heterocycles. The molecule has 1 saturated heterocycles. The molecule has 2 rings (SSSR count). The zero-order valence-electron chi connectivity index (χ0n) is 11.6. The van der Waals surface area contributed by atoms with Crippen LogP contribution in [0.15, 0.2) is 0 Å². The van der Waals surface area contributed by atoms with Crippen LogP contribution in [-0.2, 0) is 0 Å². The van der Waals surface area contributed by atoms with Gasteiger partial charge in [0.2, 0.25) is 0 Å². The molecule has 1 fully saturated rings. The number of nitrogens with zero attached hydrogens (tertiary/aromatic N) is 1. The number of thiazole rings is 1. The molecule has 0 aromatic carbocycles. The van der Waals surface area contributed by atoms with Crippen molar-refractivity contribution >= 4 is 28.8 Å². The summed E-state index contributed by atoms with van der Waals surface area (Å²) < 4.78 is 13.2. The Morgan fingerprint density at radius 2 is 2.20 bits per heavy atom. The van der Waals surface area contributed by atoms with Crippen molar-refractivity contribution in [1.29, 1.82) is 0 Å². The van der Waals surface area contributed by atoms with E-state index in [4.69, 9.17) is 11.6 Å². The van der Waals surface area contributed by atoms with Gasteiger partial charge >= 0.3 is 0 Å². The van der Waals surface area contributed by atoms with Gasteiger partial charge in [0.15, 0.2) is 5.82 Å². The van der Waals surface area contributed by atoms with Gasteiger partial charge in [-0.05, 0) is 38.8 Å². The van der Waals surface area contributed by atoms with Crippen LogP contribution >= 0.6 is 22.9 Å². The summed E-state index contributed by atoms with van der Waals surface area (Å²) >= 11 is 6.70. The lowest BCUT2D eigenvalue weighted by Gasteiger charge is -2.16. The van der Waals surface area contributed by atoms with E-state index in [0.717, 1.165) is 50.4 Å². The smallest absolute Gasteiger partial charge is 0.272 e. The number of nitrogens with one attached hydrogen (secondary N) is 3. The first-order valence-electron chi connectivity index (χ1n) is 7.25. The van der Waals surface area contributed by atoms with Crippen molar-refractivity contribution in [3.8, 4) is 0 Å². The fourth-order valence-corrected chi connectivity index (χ4v) is 3.14. The molecular weight excluding hydrogens is 299 g/mol. The van der Waals surface area contributed by atoms with E-state index in [-0.39, 0.29) is 0 Å². The minimum Gasteiger partial charge on any atom is -0.368 e. The first-order valence-corrected chi connectivity index (χ1v) is 8.45. The van der Waals surface area contributed by atoms with Gasteiger partial charge in [-0.2, -0.15) is 9.37 Å². The summed E-state index contributed by atoms with van der Waals surface area (Å²) in [6, 6.07) is 0.604. The van der Waals surface area contributed by atoms with Crippen molar-refractivity contribution in [2.45, 2.75) is 38.1 Å². The lowest BCUT2D eigenvalue weighted by Crippen LogP contribution is -2.37. The van der Waals surface area contributed by atoms with E-state index in [9.17, 15) is 4.39 Å². The van der Waals surface area contributed by atoms with Gasteiger partial charge in [-0.1, -0.05) is 29.4 Å². The van der Waals surface area contributed by atoms with Crippen molar-refractivity contribution in [3.63, 3.8) is 0 Å². The van der Waals surface area contributed by atoms with E-state index in [0.29, 0.717) is 16.2 Å². The average Bonchev–Trinajstić information content (AvgIpc) is 2.64. The fourth-order valence-electron chi connectivity index (χ4n) is 2.34. The van der Waals surface area contributed by atoms with E-state index in [1.54, 1.807) is 0 Å². The summed E-state index contributed by atoms with van der Waals surface area (Å²) in [5.74, 6) is 0.468. The van der Waals surface area contributed by atoms with E-state index in [2.05, 4.69) is 20.9 Å². The predicted molar refractivity (Wildman–Crippen MR) is 83.3 cm³/mol. The predicted octanol–water partition coefficient (Wildman–Crippen LogP) is 2.86. The zero-order valence-corrected chi connectivity index (χ0v) is 13.1. The maximum atomic E-state index is 12.8. The van der Waals surface area contributed by atoms with Gasteiger partial charge in [0.1, 0.15) is 4.34 Å². The molecule has 20 heavy (non-hydrogen) atoms. The van der Waals surface area contributed by atoms with Crippen LogP contribution in [0.25, 0.3) is 0 Å². The Morgan fingerprint density at radius 1 is 1.35 bits per heavy atom. The van der Waals surface area contributed by atoms with Crippen LogP contribution in [0.1, 0.15) is 32.1 Å². The first-order chi connectivity index (χ1) is 9.75. The van der Waals surface area contributed by atoms with Crippen molar-refractivity contribution in [1.82, 2.24) is 15.6 Å². The minimum absolute atomic E-state index is 0.394. The molecule has 0 saturated carbocycles. The van der Waals surface area contributed by atoms with Gasteiger partial charge in [0.25, 0.3) is 5.26 Å². The van der Waals surface area contributed by atoms with Crippen molar-refractivity contribution < 1.29 is 4.39 Å². The molecule has 1 aromatic rings. The normalized spacial score (nSPS) is 19.8. The Morgan fingerprint density at radius 3 is 3.00 bits per heavy atom. The second kappa shape index (κ2) is 8.77. The number of halogens is 2. The molecule has 3 N–H and O–H groups in total. The third kappa shape index (κ3) is 5.52. The Bertz CT molecular complexity index is 394. The summed E-state index contributed by atoms with van der Waals surface area (Å²) in [6.07, 6.45) is 5.96. The quantitative estimate of drug-likeness (QED) is 0.676. The van der Waals surface area contributed by atoms with Gasteiger partial charge in [0, 0.05) is 19.1 Å². The summed E-state index contributed by atoms with van der Waals surface area (Å²) in [5.41, 5.74) is 0. The Hall–Kier alpha value is -0.430. The van der Waals surface area contributed by atoms with Gasteiger partial charge in [-0.25, -0.2) is 0 Å². The van der Waals surface area contributed by atoms with Crippen LogP contribution in [0.2, 0.25) is 4.34 Å². The number of hydrogen-bond acceptors (Lipinski definition) is 5. The summed E-state index contributed by atoms with van der Waals surface area (Å²) in [6.45, 7) is 4.01. The Balaban J connectivity index is 1.52. The topological polar surface area (TPSA) is 49.0 Å². The molecule has 2 heterocycles. The highest BCUT2D eigenvalue weighted by molar-refractivity contribution is 7.15. The third-order valence-electron chi connectivity index (χ3n) is 3.44. The SMILES string of the molecule is Fc1nc(NCCCCNC2CCCCNC2)c(Cl)s1. The van der Waals surface area contributed by atoms with Gasteiger partial charge in [-0.3, -0.25) is 0 Å². The Labute approximate surface area is 128 Å². The maximum Gasteiger partial charge on any atom is 0.272 e. The van der Waals surface area contributed by atoms with E-state index < -0.39 is 5.26 Å². The molecule has 0 radical (unpaired) electrons. The number of rotatable bonds is 7. The van der Waals surface area contributed by atoms with Crippen molar-refractivity contribution in [3.05, 3.63) is 9.60 Å². The molecule has 0 amide bonds. The lowest BCUT2D eigenvalue weighted by molar-refractivity contribution is 0.467. The summed E-state index contributed by atoms with van der Waals surface area (Å²) in [4.78, 5) is 3.70. The largest absolute Gasteiger partial charge is 0.368 e. The molecule has 0 aliphatic carbocycles. The van der Waals surface area contributed by atoms with Crippen LogP contribution in [-0.4, -0.2) is 37.2 Å². The second-order valence-corrected chi connectivity index (χ2v) is 6.63. The zero-order chi connectivity index (χ0) is 14.2. The molecule has 114 valence electrons. The van der Waals surface area contributed by atoms with Crippen LogP contribution in [0.5, 0.6) is 0 Å². The molecule has 1 aromatic heterocycles. The van der Waals surface area contributed by atoms with Crippen molar-refractivity contribution in [2.24, 2.45) is 0 Å². The molecule has 0 bridgehead atoms. The van der Waals surface area contributed by atoms with E-state index in [1.165, 1.54) is 19.3 Å². The molecule has 1 unspecified atom stereocenters.